The molecule has 0 aliphatic rings. The number of benzene rings is 1. The van der Waals surface area contributed by atoms with E-state index in [0.29, 0.717) is 11.3 Å². The van der Waals surface area contributed by atoms with Gasteiger partial charge in [0.1, 0.15) is 5.82 Å². The molecule has 2 nitrogen and oxygen atoms in total. The van der Waals surface area contributed by atoms with Crippen molar-refractivity contribution < 1.29 is 4.39 Å². The number of anilines is 2. The zero-order chi connectivity index (χ0) is 11.3. The lowest BCUT2D eigenvalue weighted by Gasteiger charge is -2.10. The molecule has 0 bridgehead atoms. The van der Waals surface area contributed by atoms with Crippen LogP contribution in [0.15, 0.2) is 12.1 Å². The summed E-state index contributed by atoms with van der Waals surface area (Å²) in [5.41, 5.74) is 7.65. The fourth-order valence-corrected chi connectivity index (χ4v) is 1.45. The first kappa shape index (κ1) is 11.8. The van der Waals surface area contributed by atoms with Gasteiger partial charge in [-0.1, -0.05) is 19.8 Å². The maximum Gasteiger partial charge on any atom is 0.128 e. The van der Waals surface area contributed by atoms with Gasteiger partial charge in [0, 0.05) is 6.54 Å². The van der Waals surface area contributed by atoms with Crippen LogP contribution in [0.2, 0.25) is 0 Å². The Morgan fingerprint density at radius 1 is 1.33 bits per heavy atom. The molecule has 0 amide bonds. The number of nitrogen functional groups attached to an aromatic ring is 1. The van der Waals surface area contributed by atoms with Gasteiger partial charge in [-0.25, -0.2) is 4.39 Å². The minimum absolute atomic E-state index is 0.244. The highest BCUT2D eigenvalue weighted by atomic mass is 19.1. The predicted octanol–water partition coefficient (Wildman–Crippen LogP) is 3.32. The minimum Gasteiger partial charge on any atom is -0.397 e. The second-order valence-electron chi connectivity index (χ2n) is 3.82. The quantitative estimate of drug-likeness (QED) is 0.578. The molecule has 3 N–H and O–H groups in total. The summed E-state index contributed by atoms with van der Waals surface area (Å²) in [6.07, 6.45) is 3.51. The fraction of sp³-hybridized carbons (Fsp3) is 0.500. The summed E-state index contributed by atoms with van der Waals surface area (Å²) >= 11 is 0. The van der Waals surface area contributed by atoms with E-state index in [9.17, 15) is 4.39 Å². The molecule has 1 aromatic rings. The first-order valence-electron chi connectivity index (χ1n) is 5.44. The molecule has 84 valence electrons. The number of hydrogen-bond acceptors (Lipinski definition) is 2. The third-order valence-corrected chi connectivity index (χ3v) is 2.43. The van der Waals surface area contributed by atoms with Crippen molar-refractivity contribution in [1.29, 1.82) is 0 Å². The Balaban J connectivity index is 2.57. The number of rotatable bonds is 5. The molecule has 15 heavy (non-hydrogen) atoms. The number of nitrogens with one attached hydrogen (secondary N) is 1. The Kier molecular flexibility index (Phi) is 4.40. The summed E-state index contributed by atoms with van der Waals surface area (Å²) in [7, 11) is 0. The molecule has 3 heteroatoms. The van der Waals surface area contributed by atoms with Gasteiger partial charge < -0.3 is 11.1 Å². The average molecular weight is 210 g/mol. The van der Waals surface area contributed by atoms with Crippen molar-refractivity contribution in [1.82, 2.24) is 0 Å². The SMILES string of the molecule is CCCCCNc1cc(C)c(F)cc1N. The fourth-order valence-electron chi connectivity index (χ4n) is 1.45. The first-order chi connectivity index (χ1) is 7.15. The van der Waals surface area contributed by atoms with Crippen molar-refractivity contribution in [3.63, 3.8) is 0 Å². The largest absolute Gasteiger partial charge is 0.397 e. The molecular weight excluding hydrogens is 191 g/mol. The molecule has 0 atom stereocenters. The summed E-state index contributed by atoms with van der Waals surface area (Å²) in [5, 5.41) is 3.22. The van der Waals surface area contributed by atoms with Crippen LogP contribution < -0.4 is 11.1 Å². The smallest absolute Gasteiger partial charge is 0.128 e. The molecule has 0 saturated heterocycles. The normalized spacial score (nSPS) is 10.3. The summed E-state index contributed by atoms with van der Waals surface area (Å²) in [6, 6.07) is 3.13. The zero-order valence-electron chi connectivity index (χ0n) is 9.44. The topological polar surface area (TPSA) is 38.0 Å². The predicted molar refractivity (Wildman–Crippen MR) is 63.6 cm³/mol. The Morgan fingerprint density at radius 2 is 2.07 bits per heavy atom. The van der Waals surface area contributed by atoms with E-state index in [1.165, 1.54) is 18.9 Å². The molecule has 0 aliphatic heterocycles. The average Bonchev–Trinajstić information content (AvgIpc) is 2.20. The van der Waals surface area contributed by atoms with E-state index in [1.54, 1.807) is 13.0 Å². The van der Waals surface area contributed by atoms with Crippen LogP contribution in [0.5, 0.6) is 0 Å². The van der Waals surface area contributed by atoms with Gasteiger partial charge in [0.2, 0.25) is 0 Å². The molecule has 0 saturated carbocycles. The van der Waals surface area contributed by atoms with Gasteiger partial charge in [0.15, 0.2) is 0 Å². The lowest BCUT2D eigenvalue weighted by molar-refractivity contribution is 0.619. The van der Waals surface area contributed by atoms with Crippen LogP contribution in [-0.4, -0.2) is 6.54 Å². The van der Waals surface area contributed by atoms with Crippen LogP contribution in [0.3, 0.4) is 0 Å². The monoisotopic (exact) mass is 210 g/mol. The van der Waals surface area contributed by atoms with E-state index >= 15 is 0 Å². The van der Waals surface area contributed by atoms with Crippen molar-refractivity contribution in [2.24, 2.45) is 0 Å². The van der Waals surface area contributed by atoms with Crippen LogP contribution in [0.25, 0.3) is 0 Å². The van der Waals surface area contributed by atoms with Crippen molar-refractivity contribution in [2.75, 3.05) is 17.6 Å². The Morgan fingerprint density at radius 3 is 2.73 bits per heavy atom. The van der Waals surface area contributed by atoms with Crippen molar-refractivity contribution >= 4 is 11.4 Å². The summed E-state index contributed by atoms with van der Waals surface area (Å²) in [6.45, 7) is 4.80. The molecule has 0 aliphatic carbocycles. The highest BCUT2D eigenvalue weighted by Gasteiger charge is 2.03. The minimum atomic E-state index is -0.244. The lowest BCUT2D eigenvalue weighted by Crippen LogP contribution is -2.05. The molecule has 0 unspecified atom stereocenters. The lowest BCUT2D eigenvalue weighted by atomic mass is 10.1. The number of halogens is 1. The van der Waals surface area contributed by atoms with E-state index in [4.69, 9.17) is 5.73 Å². The number of nitrogens with two attached hydrogens (primary N) is 1. The van der Waals surface area contributed by atoms with Crippen molar-refractivity contribution in [3.05, 3.63) is 23.5 Å². The zero-order valence-corrected chi connectivity index (χ0v) is 9.44. The Bertz CT molecular complexity index is 324. The first-order valence-corrected chi connectivity index (χ1v) is 5.44. The van der Waals surface area contributed by atoms with E-state index in [0.717, 1.165) is 18.7 Å². The molecular formula is C12H19FN2. The summed E-state index contributed by atoms with van der Waals surface area (Å²) in [4.78, 5) is 0. The highest BCUT2D eigenvalue weighted by molar-refractivity contribution is 5.67. The molecule has 0 spiro atoms. The van der Waals surface area contributed by atoms with Gasteiger partial charge in [-0.05, 0) is 31.0 Å². The van der Waals surface area contributed by atoms with E-state index in [2.05, 4.69) is 12.2 Å². The van der Waals surface area contributed by atoms with Gasteiger partial charge >= 0.3 is 0 Å². The standard InChI is InChI=1S/C12H19FN2/c1-3-4-5-6-15-12-7-9(2)10(13)8-11(12)14/h7-8,15H,3-6,14H2,1-2H3. The molecule has 0 radical (unpaired) electrons. The Hall–Kier alpha value is -1.25. The summed E-state index contributed by atoms with van der Waals surface area (Å²) < 4.78 is 13.1. The second kappa shape index (κ2) is 5.59. The molecule has 1 aromatic carbocycles. The number of hydrogen-bond donors (Lipinski definition) is 2. The Labute approximate surface area is 90.7 Å². The maximum absolute atomic E-state index is 13.1. The van der Waals surface area contributed by atoms with Crippen LogP contribution in [0.4, 0.5) is 15.8 Å². The van der Waals surface area contributed by atoms with Gasteiger partial charge in [-0.15, -0.1) is 0 Å². The van der Waals surface area contributed by atoms with Gasteiger partial charge in [-0.3, -0.25) is 0 Å². The third-order valence-electron chi connectivity index (χ3n) is 2.43. The van der Waals surface area contributed by atoms with Gasteiger partial charge in [0.05, 0.1) is 11.4 Å². The van der Waals surface area contributed by atoms with Gasteiger partial charge in [0.25, 0.3) is 0 Å². The van der Waals surface area contributed by atoms with Crippen LogP contribution >= 0.6 is 0 Å². The van der Waals surface area contributed by atoms with Crippen LogP contribution in [0, 0.1) is 12.7 Å². The molecule has 0 fully saturated rings. The van der Waals surface area contributed by atoms with E-state index < -0.39 is 0 Å². The maximum atomic E-state index is 13.1. The van der Waals surface area contributed by atoms with Crippen molar-refractivity contribution in [2.45, 2.75) is 33.1 Å². The van der Waals surface area contributed by atoms with Crippen LogP contribution in [-0.2, 0) is 0 Å². The molecule has 0 heterocycles. The molecule has 1 rings (SSSR count). The number of unbranched alkanes of at least 4 members (excludes halogenated alkanes) is 2. The van der Waals surface area contributed by atoms with Crippen molar-refractivity contribution in [3.8, 4) is 0 Å². The van der Waals surface area contributed by atoms with Crippen LogP contribution in [0.1, 0.15) is 31.7 Å². The van der Waals surface area contributed by atoms with E-state index in [-0.39, 0.29) is 5.82 Å². The third kappa shape index (κ3) is 3.42. The second-order valence-corrected chi connectivity index (χ2v) is 3.82. The number of aryl methyl sites for hydroxylation is 1. The highest BCUT2D eigenvalue weighted by Crippen LogP contribution is 2.22. The molecule has 0 aromatic heterocycles. The van der Waals surface area contributed by atoms with Gasteiger partial charge in [-0.2, -0.15) is 0 Å². The van der Waals surface area contributed by atoms with E-state index in [1.807, 2.05) is 0 Å². The summed E-state index contributed by atoms with van der Waals surface area (Å²) in [5.74, 6) is -0.244.